The van der Waals surface area contributed by atoms with Gasteiger partial charge in [-0.15, -0.1) is 0 Å². The molecule has 1 aliphatic heterocycles. The number of fused-ring (bicyclic) bond motifs is 1. The zero-order valence-electron chi connectivity index (χ0n) is 25.5. The summed E-state index contributed by atoms with van der Waals surface area (Å²) in [4.78, 5) is 52.2. The second-order valence-corrected chi connectivity index (χ2v) is 12.4. The van der Waals surface area contributed by atoms with E-state index in [0.717, 1.165) is 38.2 Å². The van der Waals surface area contributed by atoms with E-state index in [0.29, 0.717) is 17.3 Å². The number of primary amides is 1. The minimum atomic E-state index is -1.70. The van der Waals surface area contributed by atoms with E-state index in [9.17, 15) is 23.9 Å². The van der Waals surface area contributed by atoms with Crippen LogP contribution in [0.3, 0.4) is 0 Å². The zero-order valence-corrected chi connectivity index (χ0v) is 26.2. The number of rotatable bonds is 8. The molecule has 2 fully saturated rings. The lowest BCUT2D eigenvalue weighted by Gasteiger charge is -2.40. The molecule has 0 unspecified atom stereocenters. The molecular formula is C31H33ClF2N8O4. The van der Waals surface area contributed by atoms with Crippen molar-refractivity contribution in [2.45, 2.75) is 39.3 Å². The van der Waals surface area contributed by atoms with Crippen LogP contribution in [0.1, 0.15) is 35.9 Å². The van der Waals surface area contributed by atoms with E-state index in [1.165, 1.54) is 41.4 Å². The predicted octanol–water partition coefficient (Wildman–Crippen LogP) is 3.40. The van der Waals surface area contributed by atoms with Crippen LogP contribution in [0.5, 0.6) is 5.75 Å². The third-order valence-corrected chi connectivity index (χ3v) is 9.01. The summed E-state index contributed by atoms with van der Waals surface area (Å²) in [6.45, 7) is 7.04. The Kier molecular flexibility index (Phi) is 8.19. The first-order chi connectivity index (χ1) is 21.8. The lowest BCUT2D eigenvalue weighted by molar-refractivity contribution is -0.116. The molecule has 46 heavy (non-hydrogen) atoms. The normalized spacial score (nSPS) is 17.1. The molecule has 1 saturated carbocycles. The van der Waals surface area contributed by atoms with E-state index in [-0.39, 0.29) is 34.2 Å². The molecule has 12 nitrogen and oxygen atoms in total. The number of hydrogen-bond acceptors (Lipinski definition) is 8. The maximum Gasteiger partial charge on any atom is 0.263 e. The maximum atomic E-state index is 15.2. The van der Waals surface area contributed by atoms with Crippen molar-refractivity contribution in [2.24, 2.45) is 18.7 Å². The summed E-state index contributed by atoms with van der Waals surface area (Å²) in [7, 11) is 1.46. The van der Waals surface area contributed by atoms with Crippen LogP contribution in [0.2, 0.25) is 5.02 Å². The van der Waals surface area contributed by atoms with Crippen LogP contribution in [0.15, 0.2) is 29.3 Å². The summed E-state index contributed by atoms with van der Waals surface area (Å²) in [5.74, 6) is -4.43. The van der Waals surface area contributed by atoms with Crippen LogP contribution >= 0.6 is 11.6 Å². The third-order valence-electron chi connectivity index (χ3n) is 8.71. The van der Waals surface area contributed by atoms with Crippen molar-refractivity contribution in [3.63, 3.8) is 0 Å². The number of hydrogen-bond donors (Lipinski definition) is 3. The largest absolute Gasteiger partial charge is 0.504 e. The summed E-state index contributed by atoms with van der Waals surface area (Å²) in [5.41, 5.74) is 3.70. The molecule has 6 rings (SSSR count). The molecule has 4 aromatic rings. The average Bonchev–Trinajstić information content (AvgIpc) is 3.76. The molecule has 2 amide bonds. The first-order valence-electron chi connectivity index (χ1n) is 14.9. The molecule has 4 heterocycles. The highest BCUT2D eigenvalue weighted by molar-refractivity contribution is 6.33. The molecule has 1 atom stereocenters. The molecule has 1 saturated heterocycles. The number of aromatic hydroxyl groups is 1. The van der Waals surface area contributed by atoms with Gasteiger partial charge in [0, 0.05) is 62.7 Å². The highest BCUT2D eigenvalue weighted by Gasteiger charge is 2.30. The Hall–Kier alpha value is -4.56. The number of piperazine rings is 1. The smallest absolute Gasteiger partial charge is 0.263 e. The SMILES string of the molecule is Cc1nc2c(c(-c3cc(C(N)=O)c(O)c(F)c3F)cn2CC(=O)Nc2cc(N3CCN(CC4CC4)C[C@@H]3C)ncc2Cl)c(=O)n1C. The lowest BCUT2D eigenvalue weighted by Crippen LogP contribution is -2.52. The summed E-state index contributed by atoms with van der Waals surface area (Å²) in [6, 6.07) is 2.77. The van der Waals surface area contributed by atoms with Gasteiger partial charge >= 0.3 is 0 Å². The fourth-order valence-electron chi connectivity index (χ4n) is 5.97. The fourth-order valence-corrected chi connectivity index (χ4v) is 6.12. The molecule has 0 spiro atoms. The van der Waals surface area contributed by atoms with Crippen LogP contribution in [0.4, 0.5) is 20.3 Å². The van der Waals surface area contributed by atoms with E-state index in [2.05, 4.69) is 32.0 Å². The standard InChI is InChI=1S/C31H33ClF2N8O4/c1-15-11-40(12-17-4-5-17)6-7-42(15)23-9-22(21(32)10-36-23)38-24(43)14-41-13-20(25-30(41)37-16(2)39(3)31(25)46)18-8-19(29(35)45)28(44)27(34)26(18)33/h8-10,13,15,17,44H,4-7,11-12,14H2,1-3H3,(H2,35,45)(H,36,38,43)/t15-/m0/s1. The van der Waals surface area contributed by atoms with Gasteiger partial charge in [-0.25, -0.2) is 14.4 Å². The van der Waals surface area contributed by atoms with Crippen molar-refractivity contribution < 1.29 is 23.5 Å². The Balaban J connectivity index is 1.31. The number of carbonyl (C=O) groups excluding carboxylic acids is 2. The van der Waals surface area contributed by atoms with E-state index in [4.69, 9.17) is 17.3 Å². The zero-order chi connectivity index (χ0) is 33.0. The maximum absolute atomic E-state index is 15.2. The van der Waals surface area contributed by atoms with Gasteiger partial charge in [0.1, 0.15) is 23.8 Å². The summed E-state index contributed by atoms with van der Waals surface area (Å²) in [5, 5.41) is 12.8. The number of phenols is 1. The minimum absolute atomic E-state index is 0.0265. The fraction of sp³-hybridized carbons (Fsp3) is 0.387. The van der Waals surface area contributed by atoms with Crippen molar-refractivity contribution in [3.8, 4) is 16.9 Å². The third kappa shape index (κ3) is 5.78. The van der Waals surface area contributed by atoms with Crippen LogP contribution < -0.4 is 21.5 Å². The molecule has 1 aromatic carbocycles. The van der Waals surface area contributed by atoms with Gasteiger partial charge in [0.15, 0.2) is 11.6 Å². The second kappa shape index (κ2) is 12.0. The number of nitrogens with zero attached hydrogens (tertiary/aromatic N) is 6. The van der Waals surface area contributed by atoms with Gasteiger partial charge < -0.3 is 25.6 Å². The predicted molar refractivity (Wildman–Crippen MR) is 169 cm³/mol. The topological polar surface area (TPSA) is 152 Å². The Labute approximate surface area is 267 Å². The van der Waals surface area contributed by atoms with E-state index >= 15 is 4.39 Å². The number of aryl methyl sites for hydroxylation is 1. The molecule has 2 aliphatic rings. The van der Waals surface area contributed by atoms with Gasteiger partial charge in [0.05, 0.1) is 27.9 Å². The quantitative estimate of drug-likeness (QED) is 0.262. The number of pyridine rings is 1. The Morgan fingerprint density at radius 1 is 1.17 bits per heavy atom. The summed E-state index contributed by atoms with van der Waals surface area (Å²) in [6.07, 6.45) is 5.34. The van der Waals surface area contributed by atoms with Crippen LogP contribution in [-0.4, -0.2) is 73.1 Å². The lowest BCUT2D eigenvalue weighted by atomic mass is 10.0. The molecule has 4 N–H and O–H groups in total. The molecule has 15 heteroatoms. The van der Waals surface area contributed by atoms with E-state index < -0.39 is 45.9 Å². The number of nitrogens with two attached hydrogens (primary N) is 1. The molecule has 0 bridgehead atoms. The van der Waals surface area contributed by atoms with E-state index in [1.807, 2.05) is 0 Å². The minimum Gasteiger partial charge on any atom is -0.504 e. The number of benzene rings is 1. The number of carbonyl (C=O) groups is 2. The van der Waals surface area contributed by atoms with Crippen LogP contribution in [0.25, 0.3) is 22.2 Å². The highest BCUT2D eigenvalue weighted by atomic mass is 35.5. The van der Waals surface area contributed by atoms with Crippen LogP contribution in [0, 0.1) is 24.5 Å². The molecule has 242 valence electrons. The first-order valence-corrected chi connectivity index (χ1v) is 15.2. The first kappa shape index (κ1) is 31.4. The van der Waals surface area contributed by atoms with Crippen molar-refractivity contribution in [2.75, 3.05) is 36.4 Å². The highest BCUT2D eigenvalue weighted by Crippen LogP contribution is 2.36. The van der Waals surface area contributed by atoms with Crippen molar-refractivity contribution >= 4 is 46.0 Å². The average molecular weight is 655 g/mol. The van der Waals surface area contributed by atoms with Gasteiger partial charge in [0.25, 0.3) is 11.5 Å². The Bertz CT molecular complexity index is 1960. The van der Waals surface area contributed by atoms with Crippen molar-refractivity contribution in [3.05, 3.63) is 62.9 Å². The van der Waals surface area contributed by atoms with E-state index in [1.54, 1.807) is 13.0 Å². The molecule has 1 aliphatic carbocycles. The second-order valence-electron chi connectivity index (χ2n) is 12.0. The van der Waals surface area contributed by atoms with Gasteiger partial charge in [0.2, 0.25) is 11.7 Å². The van der Waals surface area contributed by atoms with Gasteiger partial charge in [-0.3, -0.25) is 23.9 Å². The number of anilines is 2. The monoisotopic (exact) mass is 654 g/mol. The number of halogens is 3. The van der Waals surface area contributed by atoms with Crippen molar-refractivity contribution in [1.29, 1.82) is 0 Å². The Morgan fingerprint density at radius 2 is 1.91 bits per heavy atom. The molecule has 0 radical (unpaired) electrons. The summed E-state index contributed by atoms with van der Waals surface area (Å²) >= 11 is 6.43. The number of amides is 2. The number of aromatic nitrogens is 4. The Morgan fingerprint density at radius 3 is 2.59 bits per heavy atom. The number of nitrogens with one attached hydrogen (secondary N) is 1. The van der Waals surface area contributed by atoms with Gasteiger partial charge in [-0.2, -0.15) is 4.39 Å². The van der Waals surface area contributed by atoms with Gasteiger partial charge in [-0.1, -0.05) is 11.6 Å². The molecule has 3 aromatic heterocycles. The van der Waals surface area contributed by atoms with Crippen molar-refractivity contribution in [1.82, 2.24) is 24.0 Å². The van der Waals surface area contributed by atoms with Gasteiger partial charge in [-0.05, 0) is 38.7 Å². The molecular weight excluding hydrogens is 622 g/mol. The van der Waals surface area contributed by atoms with Crippen LogP contribution in [-0.2, 0) is 18.4 Å². The summed E-state index contributed by atoms with van der Waals surface area (Å²) < 4.78 is 32.4.